The highest BCUT2D eigenvalue weighted by atomic mass is 16.6. The Morgan fingerprint density at radius 2 is 1.75 bits per heavy atom. The molecule has 0 aliphatic heterocycles. The van der Waals surface area contributed by atoms with Crippen molar-refractivity contribution in [3.63, 3.8) is 0 Å². The van der Waals surface area contributed by atoms with E-state index in [1.54, 1.807) is 58.9 Å². The van der Waals surface area contributed by atoms with Gasteiger partial charge in [0, 0.05) is 18.2 Å². The fourth-order valence-corrected chi connectivity index (χ4v) is 3.40. The number of hydrogen-bond acceptors (Lipinski definition) is 4. The van der Waals surface area contributed by atoms with Gasteiger partial charge in [-0.25, -0.2) is 4.79 Å². The average molecular weight is 444 g/mol. The largest absolute Gasteiger partial charge is 0.444 e. The van der Waals surface area contributed by atoms with Gasteiger partial charge in [-0.1, -0.05) is 37.5 Å². The summed E-state index contributed by atoms with van der Waals surface area (Å²) in [5, 5.41) is 5.56. The molecule has 1 aromatic rings. The third-order valence-electron chi connectivity index (χ3n) is 4.81. The Balaban J connectivity index is 3.27. The van der Waals surface area contributed by atoms with Gasteiger partial charge in [0.25, 0.3) is 0 Å². The molecule has 0 saturated carbocycles. The summed E-state index contributed by atoms with van der Waals surface area (Å²) in [6.45, 7) is 12.8. The Labute approximate surface area is 192 Å². The molecule has 3 unspecified atom stereocenters. The van der Waals surface area contributed by atoms with E-state index in [0.29, 0.717) is 11.1 Å². The lowest BCUT2D eigenvalue weighted by Gasteiger charge is -2.34. The standard InChI is InChI=1S/C25H37N3O4/c1-9-14-17(4)26-22(29)21(20-16-13-12-15-19(20)10-2)28(11-3)23(30)18(5)27-24(31)32-25(6,7)8/h2,12-13,15-18,21H,9,11,14H2,1,3-8H3,(H,26,29)(H,27,31). The molecule has 3 amide bonds. The minimum atomic E-state index is -0.929. The van der Waals surface area contributed by atoms with Gasteiger partial charge in [-0.15, -0.1) is 6.42 Å². The lowest BCUT2D eigenvalue weighted by Crippen LogP contribution is -2.52. The van der Waals surface area contributed by atoms with Crippen LogP contribution in [0.3, 0.4) is 0 Å². The fourth-order valence-electron chi connectivity index (χ4n) is 3.40. The van der Waals surface area contributed by atoms with Crippen molar-refractivity contribution in [3.05, 3.63) is 35.4 Å². The first-order valence-corrected chi connectivity index (χ1v) is 11.1. The number of nitrogens with zero attached hydrogens (tertiary/aromatic N) is 1. The smallest absolute Gasteiger partial charge is 0.408 e. The van der Waals surface area contributed by atoms with E-state index >= 15 is 0 Å². The number of nitrogens with one attached hydrogen (secondary N) is 2. The molecule has 0 radical (unpaired) electrons. The second-order valence-corrected chi connectivity index (χ2v) is 8.82. The van der Waals surface area contributed by atoms with Gasteiger partial charge in [0.2, 0.25) is 11.8 Å². The van der Waals surface area contributed by atoms with Crippen LogP contribution in [0, 0.1) is 12.3 Å². The maximum atomic E-state index is 13.3. The van der Waals surface area contributed by atoms with E-state index in [-0.39, 0.29) is 18.5 Å². The van der Waals surface area contributed by atoms with Crippen LogP contribution in [0.2, 0.25) is 0 Å². The predicted octanol–water partition coefficient (Wildman–Crippen LogP) is 3.78. The summed E-state index contributed by atoms with van der Waals surface area (Å²) in [5.41, 5.74) is 0.409. The fraction of sp³-hybridized carbons (Fsp3) is 0.560. The third-order valence-corrected chi connectivity index (χ3v) is 4.81. The second-order valence-electron chi connectivity index (χ2n) is 8.82. The van der Waals surface area contributed by atoms with E-state index in [4.69, 9.17) is 11.2 Å². The average Bonchev–Trinajstić information content (AvgIpc) is 2.69. The highest BCUT2D eigenvalue weighted by Gasteiger charge is 2.35. The van der Waals surface area contributed by atoms with Gasteiger partial charge >= 0.3 is 6.09 Å². The summed E-state index contributed by atoms with van der Waals surface area (Å²) in [4.78, 5) is 40.3. The maximum absolute atomic E-state index is 13.3. The van der Waals surface area contributed by atoms with Gasteiger partial charge in [-0.05, 0) is 59.6 Å². The van der Waals surface area contributed by atoms with Crippen LogP contribution in [0.25, 0.3) is 0 Å². The number of benzene rings is 1. The zero-order valence-corrected chi connectivity index (χ0v) is 20.3. The number of alkyl carbamates (subject to hydrolysis) is 1. The number of amides is 3. The molecule has 3 atom stereocenters. The molecule has 0 bridgehead atoms. The van der Waals surface area contributed by atoms with Gasteiger partial charge < -0.3 is 20.3 Å². The molecule has 7 heteroatoms. The number of rotatable bonds is 9. The zero-order chi connectivity index (χ0) is 24.5. The molecular formula is C25H37N3O4. The normalized spacial score (nSPS) is 13.8. The Kier molecular flexibility index (Phi) is 10.2. The molecule has 176 valence electrons. The Morgan fingerprint density at radius 1 is 1.12 bits per heavy atom. The van der Waals surface area contributed by atoms with Gasteiger partial charge in [0.05, 0.1) is 0 Å². The van der Waals surface area contributed by atoms with Crippen LogP contribution >= 0.6 is 0 Å². The van der Waals surface area contributed by atoms with Crippen molar-refractivity contribution in [1.29, 1.82) is 0 Å². The summed E-state index contributed by atoms with van der Waals surface area (Å²) < 4.78 is 5.25. The Hall–Kier alpha value is -3.01. The highest BCUT2D eigenvalue weighted by Crippen LogP contribution is 2.25. The van der Waals surface area contributed by atoms with Crippen LogP contribution in [-0.4, -0.2) is 47.0 Å². The zero-order valence-electron chi connectivity index (χ0n) is 20.3. The molecule has 0 saturated heterocycles. The molecule has 0 aliphatic carbocycles. The van der Waals surface area contributed by atoms with Crippen LogP contribution in [0.15, 0.2) is 24.3 Å². The van der Waals surface area contributed by atoms with Crippen LogP contribution < -0.4 is 10.6 Å². The van der Waals surface area contributed by atoms with Gasteiger partial charge in [0.15, 0.2) is 0 Å². The van der Waals surface area contributed by atoms with Crippen molar-refractivity contribution in [1.82, 2.24) is 15.5 Å². The van der Waals surface area contributed by atoms with E-state index in [0.717, 1.165) is 12.8 Å². The lowest BCUT2D eigenvalue weighted by atomic mass is 9.97. The van der Waals surface area contributed by atoms with Crippen LogP contribution in [0.4, 0.5) is 4.79 Å². The molecule has 0 spiro atoms. The van der Waals surface area contributed by atoms with Crippen molar-refractivity contribution >= 4 is 17.9 Å². The molecule has 2 N–H and O–H groups in total. The summed E-state index contributed by atoms with van der Waals surface area (Å²) in [6.07, 6.45) is 6.71. The number of carbonyl (C=O) groups is 3. The number of terminal acetylenes is 1. The molecule has 0 aliphatic rings. The van der Waals surface area contributed by atoms with E-state index in [2.05, 4.69) is 16.6 Å². The topological polar surface area (TPSA) is 87.7 Å². The van der Waals surface area contributed by atoms with E-state index in [1.807, 2.05) is 13.8 Å². The molecule has 32 heavy (non-hydrogen) atoms. The van der Waals surface area contributed by atoms with Gasteiger partial charge in [-0.3, -0.25) is 9.59 Å². The minimum absolute atomic E-state index is 0.0564. The van der Waals surface area contributed by atoms with Crippen molar-refractivity contribution in [2.75, 3.05) is 6.54 Å². The van der Waals surface area contributed by atoms with Crippen molar-refractivity contribution in [2.24, 2.45) is 0 Å². The van der Waals surface area contributed by atoms with Gasteiger partial charge in [0.1, 0.15) is 17.7 Å². The Morgan fingerprint density at radius 3 is 2.28 bits per heavy atom. The third kappa shape index (κ3) is 7.92. The maximum Gasteiger partial charge on any atom is 0.408 e. The first-order valence-electron chi connectivity index (χ1n) is 11.1. The number of hydrogen-bond donors (Lipinski definition) is 2. The van der Waals surface area contributed by atoms with E-state index < -0.39 is 29.7 Å². The first kappa shape index (κ1) is 27.0. The molecular weight excluding hydrogens is 406 g/mol. The SMILES string of the molecule is C#Cc1ccccc1C(C(=O)NC(C)CCC)N(CC)C(=O)C(C)NC(=O)OC(C)(C)C. The summed E-state index contributed by atoms with van der Waals surface area (Å²) >= 11 is 0. The summed E-state index contributed by atoms with van der Waals surface area (Å²) in [7, 11) is 0. The number of likely N-dealkylation sites (N-methyl/N-ethyl adjacent to an activating group) is 1. The second kappa shape index (κ2) is 12.1. The molecule has 7 nitrogen and oxygen atoms in total. The van der Waals surface area contributed by atoms with E-state index in [1.165, 1.54) is 4.90 Å². The van der Waals surface area contributed by atoms with Crippen molar-refractivity contribution in [2.45, 2.75) is 85.0 Å². The molecule has 0 fully saturated rings. The first-order chi connectivity index (χ1) is 14.9. The Bertz CT molecular complexity index is 838. The van der Waals surface area contributed by atoms with Crippen molar-refractivity contribution < 1.29 is 19.1 Å². The summed E-state index contributed by atoms with van der Waals surface area (Å²) in [5.74, 6) is 1.89. The van der Waals surface area contributed by atoms with Crippen LogP contribution in [0.1, 0.15) is 78.5 Å². The molecule has 0 heterocycles. The van der Waals surface area contributed by atoms with Crippen LogP contribution in [0.5, 0.6) is 0 Å². The predicted molar refractivity (Wildman–Crippen MR) is 126 cm³/mol. The summed E-state index contributed by atoms with van der Waals surface area (Å²) in [6, 6.07) is 5.19. The van der Waals surface area contributed by atoms with Crippen molar-refractivity contribution in [3.8, 4) is 12.3 Å². The minimum Gasteiger partial charge on any atom is -0.444 e. The van der Waals surface area contributed by atoms with Gasteiger partial charge in [-0.2, -0.15) is 0 Å². The molecule has 0 aromatic heterocycles. The highest BCUT2D eigenvalue weighted by molar-refractivity contribution is 5.92. The number of ether oxygens (including phenoxy) is 1. The molecule has 1 aromatic carbocycles. The van der Waals surface area contributed by atoms with Crippen LogP contribution in [-0.2, 0) is 14.3 Å². The lowest BCUT2D eigenvalue weighted by molar-refractivity contribution is -0.142. The number of carbonyl (C=O) groups excluding carboxylic acids is 3. The molecule has 1 rings (SSSR count). The monoisotopic (exact) mass is 443 g/mol. The van der Waals surface area contributed by atoms with E-state index in [9.17, 15) is 14.4 Å². The quantitative estimate of drug-likeness (QED) is 0.569.